The minimum atomic E-state index is -1.07. The number of aromatic nitrogens is 2. The maximum atomic E-state index is 13.7. The van der Waals surface area contributed by atoms with Crippen molar-refractivity contribution in [2.75, 3.05) is 31.6 Å². The van der Waals surface area contributed by atoms with Crippen LogP contribution in [-0.4, -0.2) is 70.8 Å². The van der Waals surface area contributed by atoms with Crippen LogP contribution in [0.1, 0.15) is 42.3 Å². The number of rotatable bonds is 13. The summed E-state index contributed by atoms with van der Waals surface area (Å²) < 4.78 is 11.3. The second kappa shape index (κ2) is 14.5. The molecule has 1 unspecified atom stereocenters. The normalized spacial score (nSPS) is 12.6. The number of benzene rings is 2. The van der Waals surface area contributed by atoms with E-state index in [1.807, 2.05) is 69.1 Å². The molecule has 222 valence electrons. The molecule has 10 heteroatoms. The number of carbonyl (C=O) groups excluding carboxylic acids is 2. The summed E-state index contributed by atoms with van der Waals surface area (Å²) in [6, 6.07) is 18.1. The molecule has 2 heterocycles. The van der Waals surface area contributed by atoms with Crippen LogP contribution in [0, 0.1) is 5.92 Å². The zero-order valence-corrected chi connectivity index (χ0v) is 24.6. The number of hydrogen-bond acceptors (Lipinski definition) is 8. The lowest BCUT2D eigenvalue weighted by atomic mass is 10.00. The van der Waals surface area contributed by atoms with Crippen LogP contribution in [0.5, 0.6) is 0 Å². The van der Waals surface area contributed by atoms with Gasteiger partial charge in [0.05, 0.1) is 12.1 Å². The first kappa shape index (κ1) is 30.5. The van der Waals surface area contributed by atoms with Gasteiger partial charge in [-0.3, -0.25) is 9.78 Å². The van der Waals surface area contributed by atoms with Crippen LogP contribution in [0.2, 0.25) is 0 Å². The van der Waals surface area contributed by atoms with Gasteiger partial charge in [0, 0.05) is 50.2 Å². The number of nitrogens with one attached hydrogen (secondary N) is 1. The smallest absolute Gasteiger partial charge is 0.407 e. The third kappa shape index (κ3) is 8.29. The number of aliphatic hydroxyl groups excluding tert-OH is 1. The van der Waals surface area contributed by atoms with E-state index in [9.17, 15) is 14.7 Å². The predicted octanol–water partition coefficient (Wildman–Crippen LogP) is 4.68. The fraction of sp³-hybridized carbons (Fsp3) is 0.375. The van der Waals surface area contributed by atoms with Crippen molar-refractivity contribution in [2.45, 2.75) is 45.9 Å². The summed E-state index contributed by atoms with van der Waals surface area (Å²) in [7, 11) is 1.89. The first-order chi connectivity index (χ1) is 20.2. The van der Waals surface area contributed by atoms with Crippen LogP contribution in [-0.2, 0) is 17.8 Å². The van der Waals surface area contributed by atoms with Crippen molar-refractivity contribution < 1.29 is 23.8 Å². The van der Waals surface area contributed by atoms with Crippen LogP contribution in [0.15, 0.2) is 77.5 Å². The van der Waals surface area contributed by atoms with Crippen LogP contribution in [0.4, 0.5) is 10.8 Å². The Labute approximate surface area is 246 Å². The SMILES string of the molecule is CCN(C)c1nc2ccc(C(=O)N(CC(C)C)CC(O)[C@H](Cc3ccccc3)NC(=O)OCc3cccnc3)cc2o1. The van der Waals surface area contributed by atoms with Gasteiger partial charge in [0.25, 0.3) is 11.9 Å². The quantitative estimate of drug-likeness (QED) is 0.237. The second-order valence-corrected chi connectivity index (χ2v) is 10.7. The fourth-order valence-corrected chi connectivity index (χ4v) is 4.54. The summed E-state index contributed by atoms with van der Waals surface area (Å²) in [6.07, 6.45) is 1.89. The Morgan fingerprint density at radius 1 is 1.05 bits per heavy atom. The molecule has 0 radical (unpaired) electrons. The lowest BCUT2D eigenvalue weighted by Crippen LogP contribution is -2.51. The molecule has 10 nitrogen and oxygen atoms in total. The Morgan fingerprint density at radius 3 is 2.50 bits per heavy atom. The van der Waals surface area contributed by atoms with E-state index in [1.165, 1.54) is 0 Å². The fourth-order valence-electron chi connectivity index (χ4n) is 4.54. The Bertz CT molecular complexity index is 1440. The maximum absolute atomic E-state index is 13.7. The molecule has 0 fully saturated rings. The zero-order chi connectivity index (χ0) is 30.1. The van der Waals surface area contributed by atoms with Gasteiger partial charge in [-0.1, -0.05) is 50.2 Å². The third-order valence-electron chi connectivity index (χ3n) is 6.86. The highest BCUT2D eigenvalue weighted by molar-refractivity contribution is 5.97. The summed E-state index contributed by atoms with van der Waals surface area (Å²) in [5.41, 5.74) is 3.29. The largest absolute Gasteiger partial charge is 0.445 e. The van der Waals surface area contributed by atoms with Crippen molar-refractivity contribution in [3.8, 4) is 0 Å². The van der Waals surface area contributed by atoms with Crippen molar-refractivity contribution in [2.24, 2.45) is 5.92 Å². The summed E-state index contributed by atoms with van der Waals surface area (Å²) in [6.45, 7) is 7.22. The molecule has 0 saturated carbocycles. The van der Waals surface area contributed by atoms with E-state index in [4.69, 9.17) is 9.15 Å². The Morgan fingerprint density at radius 2 is 1.81 bits per heavy atom. The summed E-state index contributed by atoms with van der Waals surface area (Å²) in [5.74, 6) is -0.103. The van der Waals surface area contributed by atoms with Crippen molar-refractivity contribution in [3.05, 3.63) is 89.7 Å². The number of nitrogens with zero attached hydrogens (tertiary/aromatic N) is 4. The average Bonchev–Trinajstić information content (AvgIpc) is 3.43. The second-order valence-electron chi connectivity index (χ2n) is 10.7. The molecule has 0 aliphatic heterocycles. The number of ether oxygens (including phenoxy) is 1. The molecule has 2 amide bonds. The maximum Gasteiger partial charge on any atom is 0.407 e. The molecule has 42 heavy (non-hydrogen) atoms. The molecular weight excluding hydrogens is 534 g/mol. The zero-order valence-electron chi connectivity index (χ0n) is 24.6. The van der Waals surface area contributed by atoms with E-state index in [2.05, 4.69) is 15.3 Å². The van der Waals surface area contributed by atoms with Gasteiger partial charge in [0.15, 0.2) is 5.58 Å². The highest BCUT2D eigenvalue weighted by Gasteiger charge is 2.28. The van der Waals surface area contributed by atoms with Gasteiger partial charge in [-0.25, -0.2) is 4.79 Å². The van der Waals surface area contributed by atoms with E-state index >= 15 is 0 Å². The number of alkyl carbamates (subject to hydrolysis) is 1. The van der Waals surface area contributed by atoms with Gasteiger partial charge >= 0.3 is 6.09 Å². The first-order valence-electron chi connectivity index (χ1n) is 14.2. The molecule has 0 aliphatic carbocycles. The van der Waals surface area contributed by atoms with Crippen LogP contribution in [0.3, 0.4) is 0 Å². The topological polar surface area (TPSA) is 121 Å². The summed E-state index contributed by atoms with van der Waals surface area (Å²) in [4.78, 5) is 38.5. The number of anilines is 1. The van der Waals surface area contributed by atoms with Crippen molar-refractivity contribution in [1.82, 2.24) is 20.2 Å². The lowest BCUT2D eigenvalue weighted by Gasteiger charge is -2.31. The third-order valence-corrected chi connectivity index (χ3v) is 6.86. The molecule has 2 aromatic carbocycles. The van der Waals surface area contributed by atoms with Gasteiger partial charge in [-0.05, 0) is 49.1 Å². The van der Waals surface area contributed by atoms with Crippen LogP contribution < -0.4 is 10.2 Å². The molecule has 0 aliphatic rings. The van der Waals surface area contributed by atoms with Crippen molar-refractivity contribution >= 4 is 29.1 Å². The Kier molecular flexibility index (Phi) is 10.5. The van der Waals surface area contributed by atoms with E-state index in [-0.39, 0.29) is 25.0 Å². The average molecular weight is 574 g/mol. The molecule has 0 saturated heterocycles. The molecule has 2 aromatic heterocycles. The predicted molar refractivity (Wildman–Crippen MR) is 161 cm³/mol. The number of hydrogen-bond donors (Lipinski definition) is 2. The summed E-state index contributed by atoms with van der Waals surface area (Å²) in [5, 5.41) is 14.3. The minimum absolute atomic E-state index is 0.00959. The minimum Gasteiger partial charge on any atom is -0.445 e. The Hall–Kier alpha value is -4.44. The highest BCUT2D eigenvalue weighted by Crippen LogP contribution is 2.23. The lowest BCUT2D eigenvalue weighted by molar-refractivity contribution is 0.0493. The highest BCUT2D eigenvalue weighted by atomic mass is 16.5. The standard InChI is InChI=1S/C32H39N5O5/c1-5-36(4)31-34-26-14-13-25(17-29(26)42-31)30(39)37(19-22(2)3)20-28(38)27(16-23-10-7-6-8-11-23)35-32(40)41-21-24-12-9-15-33-18-24/h6-15,17-18,22,27-28,38H,5,16,19-21H2,1-4H3,(H,35,40)/t27-,28?/m0/s1. The Balaban J connectivity index is 1.51. The van der Waals surface area contributed by atoms with E-state index < -0.39 is 18.2 Å². The monoisotopic (exact) mass is 573 g/mol. The van der Waals surface area contributed by atoms with E-state index in [0.29, 0.717) is 35.6 Å². The number of pyridine rings is 1. The van der Waals surface area contributed by atoms with Gasteiger partial charge in [0.1, 0.15) is 12.1 Å². The van der Waals surface area contributed by atoms with Crippen molar-refractivity contribution in [3.63, 3.8) is 0 Å². The van der Waals surface area contributed by atoms with E-state index in [0.717, 1.165) is 17.7 Å². The van der Waals surface area contributed by atoms with Gasteiger partial charge in [-0.15, -0.1) is 0 Å². The summed E-state index contributed by atoms with van der Waals surface area (Å²) >= 11 is 0. The van der Waals surface area contributed by atoms with Gasteiger partial charge in [-0.2, -0.15) is 4.98 Å². The van der Waals surface area contributed by atoms with Crippen LogP contribution >= 0.6 is 0 Å². The number of fused-ring (bicyclic) bond motifs is 1. The molecular formula is C32H39N5O5. The van der Waals surface area contributed by atoms with Gasteiger partial charge < -0.3 is 29.4 Å². The first-order valence-corrected chi connectivity index (χ1v) is 14.2. The number of amides is 2. The number of carbonyl (C=O) groups is 2. The molecule has 2 atom stereocenters. The van der Waals surface area contributed by atoms with Crippen molar-refractivity contribution in [1.29, 1.82) is 0 Å². The van der Waals surface area contributed by atoms with E-state index in [1.54, 1.807) is 41.6 Å². The molecule has 4 rings (SSSR count). The molecule has 0 spiro atoms. The van der Waals surface area contributed by atoms with Gasteiger partial charge in [0.2, 0.25) is 0 Å². The number of oxazole rings is 1. The number of aliphatic hydroxyl groups is 1. The molecule has 0 bridgehead atoms. The van der Waals surface area contributed by atoms with Crippen LogP contribution in [0.25, 0.3) is 11.1 Å². The molecule has 4 aromatic rings. The molecule has 2 N–H and O–H groups in total.